The van der Waals surface area contributed by atoms with E-state index in [4.69, 9.17) is 11.6 Å². The van der Waals surface area contributed by atoms with Crippen molar-refractivity contribution in [3.63, 3.8) is 0 Å². The number of sulfonamides is 1. The summed E-state index contributed by atoms with van der Waals surface area (Å²) in [4.78, 5) is 15.5. The molecule has 0 saturated heterocycles. The van der Waals surface area contributed by atoms with E-state index in [1.165, 1.54) is 23.4 Å². The third-order valence-electron chi connectivity index (χ3n) is 3.65. The lowest BCUT2D eigenvalue weighted by molar-refractivity contribution is -0.114. The van der Waals surface area contributed by atoms with Gasteiger partial charge in [0.1, 0.15) is 5.84 Å². The molecule has 2 aromatic carbocycles. The number of anilines is 1. The second kappa shape index (κ2) is 6.85. The Labute approximate surface area is 151 Å². The minimum absolute atomic E-state index is 0.137. The Hall–Kier alpha value is -2.38. The molecule has 0 radical (unpaired) electrons. The summed E-state index contributed by atoms with van der Waals surface area (Å²) < 4.78 is 27.2. The number of amides is 1. The number of nitrogens with one attached hydrogen (secondary N) is 1. The van der Waals surface area contributed by atoms with Crippen LogP contribution in [0.2, 0.25) is 5.02 Å². The predicted octanol–water partition coefficient (Wildman–Crippen LogP) is 2.75. The predicted molar refractivity (Wildman–Crippen MR) is 97.5 cm³/mol. The zero-order valence-electron chi connectivity index (χ0n) is 13.4. The molecule has 1 N–H and O–H groups in total. The van der Waals surface area contributed by atoms with Gasteiger partial charge in [0.25, 0.3) is 10.0 Å². The molecule has 0 spiro atoms. The molecule has 3 rings (SSSR count). The van der Waals surface area contributed by atoms with Crippen molar-refractivity contribution in [1.29, 1.82) is 0 Å². The quantitative estimate of drug-likeness (QED) is 0.889. The molecular weight excluding hydrogens is 362 g/mol. The number of carbonyl (C=O) groups excluding carboxylic acids is 1. The largest absolute Gasteiger partial charge is 0.326 e. The lowest BCUT2D eigenvalue weighted by Crippen LogP contribution is -2.34. The third kappa shape index (κ3) is 3.67. The molecule has 6 nitrogen and oxygen atoms in total. The minimum atomic E-state index is -3.75. The zero-order valence-corrected chi connectivity index (χ0v) is 15.0. The first kappa shape index (κ1) is 17.4. The summed E-state index contributed by atoms with van der Waals surface area (Å²) in [5.74, 6) is 0.166. The molecule has 0 saturated carbocycles. The highest BCUT2D eigenvalue weighted by atomic mass is 35.5. The van der Waals surface area contributed by atoms with Gasteiger partial charge in [-0.2, -0.15) is 0 Å². The fourth-order valence-corrected chi connectivity index (χ4v) is 4.21. The first-order chi connectivity index (χ1) is 11.9. The number of aliphatic imine (C=N–C) groups is 1. The number of amidine groups is 1. The van der Waals surface area contributed by atoms with Crippen molar-refractivity contribution < 1.29 is 13.2 Å². The second-order valence-electron chi connectivity index (χ2n) is 5.50. The van der Waals surface area contributed by atoms with Gasteiger partial charge in [0, 0.05) is 23.2 Å². The summed E-state index contributed by atoms with van der Waals surface area (Å²) >= 11 is 6.00. The molecule has 0 aliphatic carbocycles. The summed E-state index contributed by atoms with van der Waals surface area (Å²) in [6.45, 7) is 2.06. The maximum atomic E-state index is 13.0. The number of hydrogen-bond acceptors (Lipinski definition) is 4. The molecular formula is C17H16ClN3O3S. The highest BCUT2D eigenvalue weighted by molar-refractivity contribution is 7.89. The average molecular weight is 378 g/mol. The van der Waals surface area contributed by atoms with E-state index >= 15 is 0 Å². The third-order valence-corrected chi connectivity index (χ3v) is 5.69. The van der Waals surface area contributed by atoms with Crippen molar-refractivity contribution in [3.05, 3.63) is 59.1 Å². The Bertz CT molecular complexity index is 940. The molecule has 1 heterocycles. The van der Waals surface area contributed by atoms with Crippen LogP contribution in [0, 0.1) is 0 Å². The molecule has 1 amide bonds. The highest BCUT2D eigenvalue weighted by Crippen LogP contribution is 2.24. The number of nitrogens with zero attached hydrogens (tertiary/aromatic N) is 2. The maximum Gasteiger partial charge on any atom is 0.265 e. The van der Waals surface area contributed by atoms with Crippen LogP contribution in [0.15, 0.2) is 58.4 Å². The molecule has 0 bridgehead atoms. The van der Waals surface area contributed by atoms with Crippen LogP contribution < -0.4 is 5.32 Å². The van der Waals surface area contributed by atoms with Gasteiger partial charge in [-0.3, -0.25) is 9.79 Å². The van der Waals surface area contributed by atoms with E-state index in [9.17, 15) is 13.2 Å². The van der Waals surface area contributed by atoms with Crippen molar-refractivity contribution >= 4 is 39.1 Å². The summed E-state index contributed by atoms with van der Waals surface area (Å²) in [6.07, 6.45) is 0. The Kier molecular flexibility index (Phi) is 4.78. The van der Waals surface area contributed by atoms with Crippen LogP contribution in [0.5, 0.6) is 0 Å². The molecule has 25 heavy (non-hydrogen) atoms. The SMILES string of the molecule is CC(=O)Nc1ccc(S(=O)(=O)N2CCN=C2c2cccc(Cl)c2)cc1. The first-order valence-electron chi connectivity index (χ1n) is 7.59. The summed E-state index contributed by atoms with van der Waals surface area (Å²) in [6, 6.07) is 13.0. The normalized spacial score (nSPS) is 14.3. The van der Waals surface area contributed by atoms with Crippen LogP contribution in [0.3, 0.4) is 0 Å². The van der Waals surface area contributed by atoms with Gasteiger partial charge < -0.3 is 5.32 Å². The number of hydrogen-bond donors (Lipinski definition) is 1. The van der Waals surface area contributed by atoms with Gasteiger partial charge in [-0.1, -0.05) is 23.7 Å². The summed E-state index contributed by atoms with van der Waals surface area (Å²) in [5, 5.41) is 3.13. The van der Waals surface area contributed by atoms with Crippen LogP contribution >= 0.6 is 11.6 Å². The monoisotopic (exact) mass is 377 g/mol. The molecule has 0 unspecified atom stereocenters. The Balaban J connectivity index is 1.91. The van der Waals surface area contributed by atoms with E-state index < -0.39 is 10.0 Å². The second-order valence-corrected chi connectivity index (χ2v) is 7.80. The Morgan fingerprint density at radius 3 is 2.56 bits per heavy atom. The number of carbonyl (C=O) groups is 1. The van der Waals surface area contributed by atoms with Gasteiger partial charge in [0.15, 0.2) is 0 Å². The summed E-state index contributed by atoms with van der Waals surface area (Å²) in [5.41, 5.74) is 1.19. The number of benzene rings is 2. The fourth-order valence-electron chi connectivity index (χ4n) is 2.57. The highest BCUT2D eigenvalue weighted by Gasteiger charge is 2.31. The van der Waals surface area contributed by atoms with E-state index in [1.807, 2.05) is 0 Å². The zero-order chi connectivity index (χ0) is 18.0. The van der Waals surface area contributed by atoms with Gasteiger partial charge in [-0.15, -0.1) is 0 Å². The standard InChI is InChI=1S/C17H16ClN3O3S/c1-12(22)20-15-5-7-16(8-6-15)25(23,24)21-10-9-19-17(21)13-3-2-4-14(18)11-13/h2-8,11H,9-10H2,1H3,(H,20,22). The Morgan fingerprint density at radius 2 is 1.92 bits per heavy atom. The lowest BCUT2D eigenvalue weighted by atomic mass is 10.2. The molecule has 1 aliphatic rings. The van der Waals surface area contributed by atoms with Gasteiger partial charge in [0.2, 0.25) is 5.91 Å². The van der Waals surface area contributed by atoms with Gasteiger partial charge in [0.05, 0.1) is 18.0 Å². The lowest BCUT2D eigenvalue weighted by Gasteiger charge is -2.20. The van der Waals surface area contributed by atoms with E-state index in [0.717, 1.165) is 0 Å². The van der Waals surface area contributed by atoms with E-state index in [0.29, 0.717) is 28.7 Å². The van der Waals surface area contributed by atoms with Gasteiger partial charge in [-0.05, 0) is 36.4 Å². The molecule has 0 fully saturated rings. The minimum Gasteiger partial charge on any atom is -0.326 e. The smallest absolute Gasteiger partial charge is 0.265 e. The molecule has 2 aromatic rings. The molecule has 1 aliphatic heterocycles. The van der Waals surface area contributed by atoms with Crippen LogP contribution in [-0.2, 0) is 14.8 Å². The molecule has 130 valence electrons. The molecule has 8 heteroatoms. The molecule has 0 atom stereocenters. The van der Waals surface area contributed by atoms with Crippen molar-refractivity contribution in [2.24, 2.45) is 4.99 Å². The van der Waals surface area contributed by atoms with Crippen molar-refractivity contribution in [1.82, 2.24) is 4.31 Å². The van der Waals surface area contributed by atoms with Gasteiger partial charge in [-0.25, -0.2) is 12.7 Å². The van der Waals surface area contributed by atoms with Crippen LogP contribution in [-0.4, -0.2) is 37.6 Å². The van der Waals surface area contributed by atoms with Crippen LogP contribution in [0.1, 0.15) is 12.5 Å². The van der Waals surface area contributed by atoms with E-state index in [2.05, 4.69) is 10.3 Å². The van der Waals surface area contributed by atoms with Gasteiger partial charge >= 0.3 is 0 Å². The maximum absolute atomic E-state index is 13.0. The van der Waals surface area contributed by atoms with E-state index in [-0.39, 0.29) is 17.3 Å². The number of rotatable bonds is 4. The molecule has 0 aromatic heterocycles. The first-order valence-corrected chi connectivity index (χ1v) is 9.40. The average Bonchev–Trinajstić information content (AvgIpc) is 3.05. The number of halogens is 1. The topological polar surface area (TPSA) is 78.8 Å². The van der Waals surface area contributed by atoms with Crippen molar-refractivity contribution in [3.8, 4) is 0 Å². The Morgan fingerprint density at radius 1 is 1.20 bits per heavy atom. The van der Waals surface area contributed by atoms with Crippen molar-refractivity contribution in [2.75, 3.05) is 18.4 Å². The fraction of sp³-hybridized carbons (Fsp3) is 0.176. The van der Waals surface area contributed by atoms with E-state index in [1.54, 1.807) is 36.4 Å². The summed E-state index contributed by atoms with van der Waals surface area (Å²) in [7, 11) is -3.75. The van der Waals surface area contributed by atoms with Crippen LogP contribution in [0.25, 0.3) is 0 Å². The van der Waals surface area contributed by atoms with Crippen molar-refractivity contribution in [2.45, 2.75) is 11.8 Å². The van der Waals surface area contributed by atoms with Crippen LogP contribution in [0.4, 0.5) is 5.69 Å².